The van der Waals surface area contributed by atoms with Gasteiger partial charge in [-0.15, -0.1) is 0 Å². The van der Waals surface area contributed by atoms with Crippen molar-refractivity contribution in [3.05, 3.63) is 176 Å². The fourth-order valence-electron chi connectivity index (χ4n) is 7.29. The largest absolute Gasteiger partial charge is 0.457 e. The zero-order valence-electron chi connectivity index (χ0n) is 27.2. The summed E-state index contributed by atoms with van der Waals surface area (Å²) >= 11 is 0. The molecule has 2 heterocycles. The zero-order valence-corrected chi connectivity index (χ0v) is 27.2. The number of fused-ring (bicyclic) bond motifs is 9. The van der Waals surface area contributed by atoms with Gasteiger partial charge in [-0.05, 0) is 114 Å². The maximum Gasteiger partial charge on any atom is 0.136 e. The summed E-state index contributed by atoms with van der Waals surface area (Å²) < 4.78 is 32.9. The van der Waals surface area contributed by atoms with Crippen LogP contribution in [0.2, 0.25) is 0 Å². The third-order valence-electron chi connectivity index (χ3n) is 9.58. The Kier molecular flexibility index (Phi) is 6.64. The lowest BCUT2D eigenvalue weighted by atomic mass is 9.94. The Morgan fingerprint density at radius 3 is 1.73 bits per heavy atom. The van der Waals surface area contributed by atoms with E-state index in [1.807, 2.05) is 78.9 Å². The van der Waals surface area contributed by atoms with Crippen LogP contribution in [0.25, 0.3) is 65.8 Å². The quantitative estimate of drug-likeness (QED) is 0.178. The van der Waals surface area contributed by atoms with Crippen molar-refractivity contribution in [1.29, 1.82) is 0 Å². The maximum absolute atomic E-state index is 14.1. The molecule has 0 fully saturated rings. The van der Waals surface area contributed by atoms with E-state index < -0.39 is 0 Å². The van der Waals surface area contributed by atoms with Crippen molar-refractivity contribution in [1.82, 2.24) is 0 Å². The minimum Gasteiger partial charge on any atom is -0.457 e. The Morgan fingerprint density at radius 1 is 0.412 bits per heavy atom. The van der Waals surface area contributed by atoms with Gasteiger partial charge in [-0.1, -0.05) is 72.8 Å². The molecule has 0 radical (unpaired) electrons. The summed E-state index contributed by atoms with van der Waals surface area (Å²) in [6, 6.07) is 55.5. The predicted molar refractivity (Wildman–Crippen MR) is 205 cm³/mol. The molecule has 0 atom stereocenters. The number of hydrogen-bond donors (Lipinski definition) is 0. The fourth-order valence-corrected chi connectivity index (χ4v) is 7.29. The smallest absolute Gasteiger partial charge is 0.136 e. The van der Waals surface area contributed by atoms with Crippen LogP contribution in [0.5, 0.6) is 11.5 Å². The maximum atomic E-state index is 14.1. The van der Waals surface area contributed by atoms with Gasteiger partial charge in [-0.3, -0.25) is 0 Å². The van der Waals surface area contributed by atoms with E-state index in [1.165, 1.54) is 12.1 Å². The number of ether oxygens (including phenoxy) is 1. The molecule has 0 aliphatic carbocycles. The molecule has 51 heavy (non-hydrogen) atoms. The molecule has 2 aromatic heterocycles. The van der Waals surface area contributed by atoms with Crippen LogP contribution >= 0.6 is 0 Å². The number of halogens is 1. The van der Waals surface area contributed by atoms with Gasteiger partial charge < -0.3 is 18.5 Å². The molecule has 0 saturated heterocycles. The van der Waals surface area contributed by atoms with Crippen molar-refractivity contribution < 1.29 is 18.0 Å². The summed E-state index contributed by atoms with van der Waals surface area (Å²) in [5, 5.41) is 6.57. The number of anilines is 3. The van der Waals surface area contributed by atoms with Crippen LogP contribution in [0, 0.1) is 5.82 Å². The summed E-state index contributed by atoms with van der Waals surface area (Å²) in [7, 11) is 0. The Bertz CT molecular complexity index is 2870. The van der Waals surface area contributed by atoms with Crippen molar-refractivity contribution >= 4 is 71.7 Å². The molecule has 0 N–H and O–H groups in total. The number of rotatable bonds is 6. The first-order valence-corrected chi connectivity index (χ1v) is 16.9. The van der Waals surface area contributed by atoms with Crippen LogP contribution in [0.4, 0.5) is 21.5 Å². The summed E-state index contributed by atoms with van der Waals surface area (Å²) in [4.78, 5) is 2.11. The van der Waals surface area contributed by atoms with Crippen LogP contribution in [-0.4, -0.2) is 0 Å². The molecule has 0 aliphatic heterocycles. The Labute approximate surface area is 292 Å². The topological polar surface area (TPSA) is 38.8 Å². The highest BCUT2D eigenvalue weighted by molar-refractivity contribution is 6.32. The normalized spacial score (nSPS) is 11.6. The van der Waals surface area contributed by atoms with Gasteiger partial charge in [0.15, 0.2) is 0 Å². The highest BCUT2D eigenvalue weighted by atomic mass is 19.1. The molecule has 0 unspecified atom stereocenters. The van der Waals surface area contributed by atoms with Gasteiger partial charge in [0.2, 0.25) is 0 Å². The third kappa shape index (κ3) is 4.90. The molecule has 0 amide bonds. The van der Waals surface area contributed by atoms with Crippen LogP contribution in [0.1, 0.15) is 0 Å². The SMILES string of the molecule is Fc1ccc(N(c2ccc(Oc3ccccc3)cc2)c2ccc(-c3cccc4oc5ccc6ccc7oc8ccccc8c7c6c5c34)cc2)cc1. The number of para-hydroxylation sites is 2. The van der Waals surface area contributed by atoms with Crippen molar-refractivity contribution in [2.24, 2.45) is 0 Å². The number of hydrogen-bond acceptors (Lipinski definition) is 4. The van der Waals surface area contributed by atoms with Gasteiger partial charge in [0.25, 0.3) is 0 Å². The summed E-state index contributed by atoms with van der Waals surface area (Å²) in [6.45, 7) is 0. The highest BCUT2D eigenvalue weighted by Crippen LogP contribution is 2.45. The number of nitrogens with zero attached hydrogens (tertiary/aromatic N) is 1. The van der Waals surface area contributed by atoms with Gasteiger partial charge >= 0.3 is 0 Å². The predicted octanol–water partition coefficient (Wildman–Crippen LogP) is 13.7. The first kappa shape index (κ1) is 29.1. The minimum atomic E-state index is -0.283. The lowest BCUT2D eigenvalue weighted by Gasteiger charge is -2.26. The first-order chi connectivity index (χ1) is 25.2. The van der Waals surface area contributed by atoms with Gasteiger partial charge in [0, 0.05) is 44.0 Å². The van der Waals surface area contributed by atoms with Gasteiger partial charge in [-0.25, -0.2) is 4.39 Å². The Morgan fingerprint density at radius 2 is 0.980 bits per heavy atom. The van der Waals surface area contributed by atoms with Gasteiger partial charge in [0.05, 0.1) is 0 Å². The minimum absolute atomic E-state index is 0.283. The summed E-state index contributed by atoms with van der Waals surface area (Å²) in [6.07, 6.45) is 0. The summed E-state index contributed by atoms with van der Waals surface area (Å²) in [5.74, 6) is 1.22. The van der Waals surface area contributed by atoms with Gasteiger partial charge in [-0.2, -0.15) is 0 Å². The molecule has 5 heteroatoms. The van der Waals surface area contributed by atoms with E-state index in [-0.39, 0.29) is 5.82 Å². The second-order valence-corrected chi connectivity index (χ2v) is 12.6. The number of benzene rings is 8. The lowest BCUT2D eigenvalue weighted by molar-refractivity contribution is 0.483. The van der Waals surface area contributed by atoms with Crippen molar-refractivity contribution in [3.63, 3.8) is 0 Å². The fraction of sp³-hybridized carbons (Fsp3) is 0. The molecule has 0 bridgehead atoms. The van der Waals surface area contributed by atoms with Crippen LogP contribution in [0.15, 0.2) is 179 Å². The molecule has 0 saturated carbocycles. The highest BCUT2D eigenvalue weighted by Gasteiger charge is 2.20. The Hall–Kier alpha value is -6.85. The van der Waals surface area contributed by atoms with E-state index in [0.717, 1.165) is 94.3 Å². The van der Waals surface area contributed by atoms with Gasteiger partial charge in [0.1, 0.15) is 39.6 Å². The van der Waals surface area contributed by atoms with E-state index in [2.05, 4.69) is 71.6 Å². The monoisotopic (exact) mass is 661 g/mol. The molecular formula is C46H28FNO3. The average Bonchev–Trinajstić information content (AvgIpc) is 3.76. The average molecular weight is 662 g/mol. The molecule has 4 nitrogen and oxygen atoms in total. The molecule has 8 aromatic carbocycles. The van der Waals surface area contributed by atoms with E-state index >= 15 is 0 Å². The van der Waals surface area contributed by atoms with Crippen molar-refractivity contribution in [2.75, 3.05) is 4.90 Å². The number of furan rings is 2. The second kappa shape index (κ2) is 11.6. The van der Waals surface area contributed by atoms with Crippen LogP contribution in [0.3, 0.4) is 0 Å². The van der Waals surface area contributed by atoms with Crippen LogP contribution < -0.4 is 9.64 Å². The van der Waals surface area contributed by atoms with E-state index in [1.54, 1.807) is 12.1 Å². The van der Waals surface area contributed by atoms with Crippen molar-refractivity contribution in [2.45, 2.75) is 0 Å². The molecule has 0 aliphatic rings. The van der Waals surface area contributed by atoms with E-state index in [4.69, 9.17) is 13.6 Å². The third-order valence-corrected chi connectivity index (χ3v) is 9.58. The molecular weight excluding hydrogens is 634 g/mol. The first-order valence-electron chi connectivity index (χ1n) is 16.9. The lowest BCUT2D eigenvalue weighted by Crippen LogP contribution is -2.09. The molecule has 0 spiro atoms. The second-order valence-electron chi connectivity index (χ2n) is 12.6. The molecule has 10 aromatic rings. The van der Waals surface area contributed by atoms with E-state index in [9.17, 15) is 4.39 Å². The molecule has 10 rings (SSSR count). The van der Waals surface area contributed by atoms with E-state index in [0.29, 0.717) is 0 Å². The Balaban J connectivity index is 1.10. The molecule has 242 valence electrons. The standard InChI is InChI=1S/C46H28FNO3/c47-31-17-21-33(22-18-31)48(34-23-25-36(26-24-34)49-35-7-2-1-3-8-35)32-19-13-29(14-20-32)37-10-6-12-40-44(37)46-42(51-40)28-16-30-15-27-41-45(43(30)46)38-9-4-5-11-39(38)50-41/h1-28H. The summed E-state index contributed by atoms with van der Waals surface area (Å²) in [5.41, 5.74) is 8.20. The van der Waals surface area contributed by atoms with Crippen molar-refractivity contribution in [3.8, 4) is 22.6 Å². The van der Waals surface area contributed by atoms with Crippen LogP contribution in [-0.2, 0) is 0 Å². The zero-order chi connectivity index (χ0) is 33.9.